The summed E-state index contributed by atoms with van der Waals surface area (Å²) in [6.45, 7) is 3.53. The van der Waals surface area contributed by atoms with Gasteiger partial charge in [-0.15, -0.1) is 11.3 Å². The minimum Gasteiger partial charge on any atom is -0.369 e. The number of piperidine rings is 1. The number of likely N-dealkylation sites (tertiary alicyclic amines) is 2. The Bertz CT molecular complexity index is 509. The first kappa shape index (κ1) is 14.5. The van der Waals surface area contributed by atoms with E-state index >= 15 is 0 Å². The maximum absolute atomic E-state index is 12.0. The van der Waals surface area contributed by atoms with Crippen LogP contribution in [0, 0.1) is 5.92 Å². The molecule has 1 atom stereocenters. The second-order valence-corrected chi connectivity index (χ2v) is 6.97. The number of nitrogens with two attached hydrogens (primary N) is 1. The second-order valence-electron chi connectivity index (χ2n) is 5.94. The van der Waals surface area contributed by atoms with Gasteiger partial charge in [0.2, 0.25) is 11.8 Å². The van der Waals surface area contributed by atoms with E-state index in [2.05, 4.69) is 22.4 Å². The fraction of sp³-hybridized carbons (Fsp3) is 0.600. The number of hydrogen-bond donors (Lipinski definition) is 1. The fourth-order valence-corrected chi connectivity index (χ4v) is 4.03. The largest absolute Gasteiger partial charge is 0.369 e. The maximum atomic E-state index is 12.0. The summed E-state index contributed by atoms with van der Waals surface area (Å²) in [6, 6.07) is 4.53. The van der Waals surface area contributed by atoms with Gasteiger partial charge in [-0.05, 0) is 24.3 Å². The maximum Gasteiger partial charge on any atom is 0.223 e. The van der Waals surface area contributed by atoms with E-state index in [4.69, 9.17) is 5.73 Å². The Kier molecular flexibility index (Phi) is 4.26. The molecule has 3 heterocycles. The molecule has 2 aliphatic heterocycles. The van der Waals surface area contributed by atoms with Gasteiger partial charge in [-0.25, -0.2) is 0 Å². The molecule has 1 aromatic heterocycles. The van der Waals surface area contributed by atoms with Crippen LogP contribution >= 0.6 is 11.3 Å². The van der Waals surface area contributed by atoms with E-state index in [1.165, 1.54) is 4.88 Å². The van der Waals surface area contributed by atoms with Gasteiger partial charge in [0.1, 0.15) is 0 Å². The average Bonchev–Trinajstić information content (AvgIpc) is 3.09. The van der Waals surface area contributed by atoms with Crippen molar-refractivity contribution in [3.63, 3.8) is 0 Å². The van der Waals surface area contributed by atoms with Crippen molar-refractivity contribution in [2.75, 3.05) is 19.6 Å². The lowest BCUT2D eigenvalue weighted by Crippen LogP contribution is -2.45. The molecular weight excluding hydrogens is 286 g/mol. The highest BCUT2D eigenvalue weighted by molar-refractivity contribution is 7.09. The van der Waals surface area contributed by atoms with Crippen molar-refractivity contribution in [1.82, 2.24) is 9.80 Å². The van der Waals surface area contributed by atoms with Gasteiger partial charge in [0.05, 0.1) is 5.92 Å². The van der Waals surface area contributed by atoms with Crippen LogP contribution in [0.25, 0.3) is 0 Å². The number of primary amides is 1. The smallest absolute Gasteiger partial charge is 0.223 e. The molecule has 0 spiro atoms. The van der Waals surface area contributed by atoms with Gasteiger partial charge < -0.3 is 10.6 Å². The van der Waals surface area contributed by atoms with E-state index in [1.807, 2.05) is 4.90 Å². The SMILES string of the molecule is NC(=O)C1CC(=O)N(C2CCN(Cc3cccs3)CC2)C1. The summed E-state index contributed by atoms with van der Waals surface area (Å²) in [7, 11) is 0. The van der Waals surface area contributed by atoms with Crippen LogP contribution in [0.4, 0.5) is 0 Å². The number of amides is 2. The first-order chi connectivity index (χ1) is 10.1. The first-order valence-corrected chi connectivity index (χ1v) is 8.35. The lowest BCUT2D eigenvalue weighted by molar-refractivity contribution is -0.130. The number of rotatable bonds is 4. The number of nitrogens with zero attached hydrogens (tertiary/aromatic N) is 2. The van der Waals surface area contributed by atoms with Gasteiger partial charge in [0, 0.05) is 43.5 Å². The molecule has 0 radical (unpaired) electrons. The van der Waals surface area contributed by atoms with E-state index in [9.17, 15) is 9.59 Å². The Morgan fingerprint density at radius 2 is 2.14 bits per heavy atom. The monoisotopic (exact) mass is 307 g/mol. The molecule has 2 fully saturated rings. The van der Waals surface area contributed by atoms with Gasteiger partial charge >= 0.3 is 0 Å². The topological polar surface area (TPSA) is 66.6 Å². The molecule has 21 heavy (non-hydrogen) atoms. The van der Waals surface area contributed by atoms with Crippen LogP contribution in [0.2, 0.25) is 0 Å². The normalized spacial score (nSPS) is 24.7. The second kappa shape index (κ2) is 6.15. The van der Waals surface area contributed by atoms with E-state index in [0.29, 0.717) is 13.0 Å². The van der Waals surface area contributed by atoms with E-state index in [1.54, 1.807) is 11.3 Å². The lowest BCUT2D eigenvalue weighted by atomic mass is 10.0. The minimum atomic E-state index is -0.346. The third kappa shape index (κ3) is 3.27. The van der Waals surface area contributed by atoms with Crippen LogP contribution in [0.15, 0.2) is 17.5 Å². The van der Waals surface area contributed by atoms with Crippen molar-refractivity contribution in [3.8, 4) is 0 Å². The summed E-state index contributed by atoms with van der Waals surface area (Å²) in [5.74, 6) is -0.543. The van der Waals surface area contributed by atoms with Gasteiger partial charge in [-0.3, -0.25) is 14.5 Å². The molecular formula is C15H21N3O2S. The van der Waals surface area contributed by atoms with Crippen LogP contribution in [0.3, 0.4) is 0 Å². The van der Waals surface area contributed by atoms with Crippen LogP contribution in [-0.2, 0) is 16.1 Å². The molecule has 5 nitrogen and oxygen atoms in total. The molecule has 6 heteroatoms. The van der Waals surface area contributed by atoms with Crippen molar-refractivity contribution in [1.29, 1.82) is 0 Å². The number of thiophene rings is 1. The Morgan fingerprint density at radius 1 is 1.38 bits per heavy atom. The third-order valence-corrected chi connectivity index (χ3v) is 5.38. The van der Waals surface area contributed by atoms with Crippen molar-refractivity contribution in [2.24, 2.45) is 11.7 Å². The van der Waals surface area contributed by atoms with Crippen molar-refractivity contribution >= 4 is 23.2 Å². The minimum absolute atomic E-state index is 0.0931. The zero-order chi connectivity index (χ0) is 14.8. The molecule has 0 aliphatic carbocycles. The Morgan fingerprint density at radius 3 is 2.71 bits per heavy atom. The van der Waals surface area contributed by atoms with Crippen LogP contribution < -0.4 is 5.73 Å². The number of carbonyl (C=O) groups excluding carboxylic acids is 2. The van der Waals surface area contributed by atoms with E-state index in [-0.39, 0.29) is 23.8 Å². The van der Waals surface area contributed by atoms with Crippen LogP contribution in [0.1, 0.15) is 24.1 Å². The summed E-state index contributed by atoms with van der Waals surface area (Å²) in [5.41, 5.74) is 5.32. The van der Waals surface area contributed by atoms with Crippen molar-refractivity contribution in [3.05, 3.63) is 22.4 Å². The number of carbonyl (C=O) groups is 2. The lowest BCUT2D eigenvalue weighted by Gasteiger charge is -2.36. The summed E-state index contributed by atoms with van der Waals surface area (Å²) in [5, 5.41) is 2.11. The van der Waals surface area contributed by atoms with Gasteiger partial charge in [-0.1, -0.05) is 6.07 Å². The Labute approximate surface area is 128 Å². The van der Waals surface area contributed by atoms with Gasteiger partial charge in [0.25, 0.3) is 0 Å². The molecule has 2 N–H and O–H groups in total. The molecule has 3 rings (SSSR count). The zero-order valence-corrected chi connectivity index (χ0v) is 12.8. The zero-order valence-electron chi connectivity index (χ0n) is 12.0. The summed E-state index contributed by atoms with van der Waals surface area (Å²) >= 11 is 1.79. The molecule has 2 amide bonds. The molecule has 114 valence electrons. The Balaban J connectivity index is 1.51. The molecule has 1 unspecified atom stereocenters. The van der Waals surface area contributed by atoms with E-state index in [0.717, 1.165) is 32.5 Å². The van der Waals surface area contributed by atoms with E-state index < -0.39 is 0 Å². The predicted octanol–water partition coefficient (Wildman–Crippen LogP) is 1.05. The van der Waals surface area contributed by atoms with Crippen molar-refractivity contribution in [2.45, 2.75) is 31.8 Å². The average molecular weight is 307 g/mol. The summed E-state index contributed by atoms with van der Waals surface area (Å²) < 4.78 is 0. The van der Waals surface area contributed by atoms with Crippen LogP contribution in [0.5, 0.6) is 0 Å². The van der Waals surface area contributed by atoms with Gasteiger partial charge in [-0.2, -0.15) is 0 Å². The number of hydrogen-bond acceptors (Lipinski definition) is 4. The van der Waals surface area contributed by atoms with Crippen molar-refractivity contribution < 1.29 is 9.59 Å². The highest BCUT2D eigenvalue weighted by atomic mass is 32.1. The quantitative estimate of drug-likeness (QED) is 0.904. The molecule has 2 aliphatic rings. The summed E-state index contributed by atoms with van der Waals surface area (Å²) in [6.07, 6.45) is 2.27. The third-order valence-electron chi connectivity index (χ3n) is 4.52. The highest BCUT2D eigenvalue weighted by Gasteiger charge is 2.37. The van der Waals surface area contributed by atoms with Crippen LogP contribution in [-0.4, -0.2) is 47.3 Å². The Hall–Kier alpha value is -1.40. The first-order valence-electron chi connectivity index (χ1n) is 7.47. The molecule has 1 aromatic rings. The highest BCUT2D eigenvalue weighted by Crippen LogP contribution is 2.26. The molecule has 2 saturated heterocycles. The van der Waals surface area contributed by atoms with Gasteiger partial charge in [0.15, 0.2) is 0 Å². The molecule has 0 bridgehead atoms. The molecule has 0 saturated carbocycles. The summed E-state index contributed by atoms with van der Waals surface area (Å²) in [4.78, 5) is 29.0. The molecule has 0 aromatic carbocycles. The predicted molar refractivity (Wildman–Crippen MR) is 81.6 cm³/mol. The fourth-order valence-electron chi connectivity index (χ4n) is 3.29. The standard InChI is InChI=1S/C15H21N3O2S/c16-15(20)11-8-14(19)18(9-11)12-3-5-17(6-4-12)10-13-2-1-7-21-13/h1-2,7,11-12H,3-6,8-10H2,(H2,16,20).